The van der Waals surface area contributed by atoms with Crippen LogP contribution in [0.2, 0.25) is 0 Å². The number of ether oxygens (including phenoxy) is 1. The Labute approximate surface area is 167 Å². The Morgan fingerprint density at radius 2 is 2.00 bits per heavy atom. The first kappa shape index (κ1) is 20.4. The van der Waals surface area contributed by atoms with Crippen molar-refractivity contribution in [2.75, 3.05) is 20.7 Å². The highest BCUT2D eigenvalue weighted by Gasteiger charge is 2.39. The molecule has 2 aromatic rings. The van der Waals surface area contributed by atoms with Crippen molar-refractivity contribution >= 4 is 5.91 Å². The molecule has 1 saturated heterocycles. The number of amides is 1. The molecule has 1 aromatic carbocycles. The van der Waals surface area contributed by atoms with Crippen LogP contribution in [0.4, 0.5) is 0 Å². The van der Waals surface area contributed by atoms with Gasteiger partial charge in [0.15, 0.2) is 0 Å². The van der Waals surface area contributed by atoms with Crippen molar-refractivity contribution in [2.45, 2.75) is 45.2 Å². The summed E-state index contributed by atoms with van der Waals surface area (Å²) in [7, 11) is 5.54. The van der Waals surface area contributed by atoms with E-state index in [-0.39, 0.29) is 17.9 Å². The van der Waals surface area contributed by atoms with E-state index in [1.54, 1.807) is 7.11 Å². The van der Waals surface area contributed by atoms with Gasteiger partial charge in [-0.15, -0.1) is 0 Å². The van der Waals surface area contributed by atoms with Gasteiger partial charge in [0.1, 0.15) is 5.75 Å². The molecule has 1 fully saturated rings. The second-order valence-corrected chi connectivity index (χ2v) is 7.92. The van der Waals surface area contributed by atoms with E-state index < -0.39 is 0 Å². The van der Waals surface area contributed by atoms with Crippen LogP contribution in [0.15, 0.2) is 30.5 Å². The first-order chi connectivity index (χ1) is 13.4. The van der Waals surface area contributed by atoms with Gasteiger partial charge in [0.05, 0.1) is 19.3 Å². The predicted molar refractivity (Wildman–Crippen MR) is 110 cm³/mol. The van der Waals surface area contributed by atoms with E-state index in [0.717, 1.165) is 36.4 Å². The summed E-state index contributed by atoms with van der Waals surface area (Å²) in [5, 5.41) is 8.03. The lowest BCUT2D eigenvalue weighted by Crippen LogP contribution is -2.34. The number of nitrogens with zero attached hydrogens (tertiary/aromatic N) is 3. The molecule has 0 bridgehead atoms. The van der Waals surface area contributed by atoms with Gasteiger partial charge in [-0.25, -0.2) is 0 Å². The molecule has 0 unspecified atom stereocenters. The van der Waals surface area contributed by atoms with Gasteiger partial charge in [0.25, 0.3) is 0 Å². The normalized spacial score (nSPS) is 20.6. The van der Waals surface area contributed by atoms with Crippen LogP contribution in [0.5, 0.6) is 5.75 Å². The second kappa shape index (κ2) is 8.78. The van der Waals surface area contributed by atoms with E-state index in [9.17, 15) is 4.79 Å². The third kappa shape index (κ3) is 4.38. The fourth-order valence-corrected chi connectivity index (χ4v) is 4.03. The topological polar surface area (TPSA) is 59.4 Å². The maximum absolute atomic E-state index is 12.4. The van der Waals surface area contributed by atoms with Crippen molar-refractivity contribution in [3.05, 3.63) is 47.3 Å². The van der Waals surface area contributed by atoms with Gasteiger partial charge in [-0.3, -0.25) is 9.48 Å². The Morgan fingerprint density at radius 1 is 1.29 bits per heavy atom. The van der Waals surface area contributed by atoms with Gasteiger partial charge >= 0.3 is 0 Å². The van der Waals surface area contributed by atoms with Crippen molar-refractivity contribution < 1.29 is 9.53 Å². The van der Waals surface area contributed by atoms with E-state index in [1.807, 2.05) is 42.0 Å². The quantitative estimate of drug-likeness (QED) is 0.760. The standard InChI is InChI=1S/C22H32N4O2/c1-15(6-7-17-8-10-19(28-5)11-9-17)23-13-18-12-21(27)25(3)22(18)20-14-24-26(4)16(20)2/h8-11,14-15,18,22-23H,6-7,12-13H2,1-5H3/t15-,18-,22+/m0/s1. The smallest absolute Gasteiger partial charge is 0.223 e. The molecule has 0 radical (unpaired) electrons. The molecule has 1 aromatic heterocycles. The number of likely N-dealkylation sites (tertiary alicyclic amines) is 1. The Balaban J connectivity index is 1.55. The zero-order valence-corrected chi connectivity index (χ0v) is 17.6. The maximum atomic E-state index is 12.4. The minimum absolute atomic E-state index is 0.0995. The lowest BCUT2D eigenvalue weighted by atomic mass is 9.93. The molecule has 28 heavy (non-hydrogen) atoms. The van der Waals surface area contributed by atoms with Crippen LogP contribution in [-0.4, -0.2) is 47.3 Å². The molecule has 6 heteroatoms. The average molecular weight is 385 g/mol. The van der Waals surface area contributed by atoms with E-state index in [4.69, 9.17) is 4.74 Å². The molecular weight excluding hydrogens is 352 g/mol. The van der Waals surface area contributed by atoms with E-state index in [1.165, 1.54) is 5.56 Å². The number of aryl methyl sites for hydroxylation is 2. The van der Waals surface area contributed by atoms with Gasteiger partial charge in [0.2, 0.25) is 5.91 Å². The lowest BCUT2D eigenvalue weighted by molar-refractivity contribution is -0.127. The van der Waals surface area contributed by atoms with Crippen LogP contribution >= 0.6 is 0 Å². The molecule has 1 aliphatic heterocycles. The summed E-state index contributed by atoms with van der Waals surface area (Å²) in [6, 6.07) is 8.75. The van der Waals surface area contributed by atoms with Crippen molar-refractivity contribution in [2.24, 2.45) is 13.0 Å². The molecule has 3 rings (SSSR count). The molecule has 1 amide bonds. The summed E-state index contributed by atoms with van der Waals surface area (Å²) < 4.78 is 7.10. The number of carbonyl (C=O) groups is 1. The Bertz CT molecular complexity index is 799. The minimum atomic E-state index is 0.0995. The molecular formula is C22H32N4O2. The highest BCUT2D eigenvalue weighted by Crippen LogP contribution is 2.37. The fourth-order valence-electron chi connectivity index (χ4n) is 4.03. The van der Waals surface area contributed by atoms with Crippen molar-refractivity contribution in [3.63, 3.8) is 0 Å². The lowest BCUT2D eigenvalue weighted by Gasteiger charge is -2.26. The van der Waals surface area contributed by atoms with Crippen LogP contribution in [0.1, 0.15) is 42.6 Å². The molecule has 152 valence electrons. The van der Waals surface area contributed by atoms with E-state index >= 15 is 0 Å². The predicted octanol–water partition coefficient (Wildman–Crippen LogP) is 2.87. The van der Waals surface area contributed by atoms with Crippen LogP contribution in [-0.2, 0) is 18.3 Å². The average Bonchev–Trinajstić information content (AvgIpc) is 3.17. The Hall–Kier alpha value is -2.34. The van der Waals surface area contributed by atoms with Crippen molar-refractivity contribution in [1.82, 2.24) is 20.0 Å². The third-order valence-electron chi connectivity index (χ3n) is 6.04. The van der Waals surface area contributed by atoms with Gasteiger partial charge in [-0.1, -0.05) is 12.1 Å². The second-order valence-electron chi connectivity index (χ2n) is 7.92. The number of rotatable bonds is 8. The zero-order valence-electron chi connectivity index (χ0n) is 17.6. The summed E-state index contributed by atoms with van der Waals surface area (Å²) in [6.07, 6.45) is 4.58. The molecule has 0 spiro atoms. The summed E-state index contributed by atoms with van der Waals surface area (Å²) >= 11 is 0. The van der Waals surface area contributed by atoms with Gasteiger partial charge in [-0.2, -0.15) is 5.10 Å². The van der Waals surface area contributed by atoms with Gasteiger partial charge in [-0.05, 0) is 44.4 Å². The third-order valence-corrected chi connectivity index (χ3v) is 6.04. The molecule has 0 saturated carbocycles. The molecule has 6 nitrogen and oxygen atoms in total. The molecule has 0 aliphatic carbocycles. The molecule has 1 aliphatic rings. The van der Waals surface area contributed by atoms with E-state index in [0.29, 0.717) is 12.5 Å². The zero-order chi connectivity index (χ0) is 20.3. The minimum Gasteiger partial charge on any atom is -0.497 e. The largest absolute Gasteiger partial charge is 0.497 e. The molecule has 2 heterocycles. The van der Waals surface area contributed by atoms with E-state index in [2.05, 4.69) is 36.4 Å². The number of nitrogens with one attached hydrogen (secondary N) is 1. The monoisotopic (exact) mass is 384 g/mol. The van der Waals surface area contributed by atoms with Crippen LogP contribution in [0, 0.1) is 12.8 Å². The summed E-state index contributed by atoms with van der Waals surface area (Å²) in [6.45, 7) is 5.12. The van der Waals surface area contributed by atoms with Crippen LogP contribution in [0.25, 0.3) is 0 Å². The summed E-state index contributed by atoms with van der Waals surface area (Å²) in [4.78, 5) is 14.2. The van der Waals surface area contributed by atoms with Crippen LogP contribution < -0.4 is 10.1 Å². The molecule has 3 atom stereocenters. The summed E-state index contributed by atoms with van der Waals surface area (Å²) in [5.41, 5.74) is 3.60. The Kier molecular flexibility index (Phi) is 6.39. The van der Waals surface area contributed by atoms with Gasteiger partial charge in [0, 0.05) is 50.3 Å². The number of aromatic nitrogens is 2. The highest BCUT2D eigenvalue weighted by molar-refractivity contribution is 5.79. The number of methoxy groups -OCH3 is 1. The summed E-state index contributed by atoms with van der Waals surface area (Å²) in [5.74, 6) is 1.37. The SMILES string of the molecule is COc1ccc(CC[C@H](C)NC[C@@H]2CC(=O)N(C)[C@H]2c2cnn(C)c2C)cc1. The fraction of sp³-hybridized carbons (Fsp3) is 0.545. The number of benzene rings is 1. The Morgan fingerprint density at radius 3 is 2.61 bits per heavy atom. The maximum Gasteiger partial charge on any atom is 0.223 e. The van der Waals surface area contributed by atoms with Crippen molar-refractivity contribution in [3.8, 4) is 5.75 Å². The molecule has 1 N–H and O–H groups in total. The number of hydrogen-bond donors (Lipinski definition) is 1. The highest BCUT2D eigenvalue weighted by atomic mass is 16.5. The van der Waals surface area contributed by atoms with Crippen LogP contribution in [0.3, 0.4) is 0 Å². The number of carbonyl (C=O) groups excluding carboxylic acids is 1. The first-order valence-corrected chi connectivity index (χ1v) is 10.0. The van der Waals surface area contributed by atoms with Gasteiger partial charge < -0.3 is 15.0 Å². The number of hydrogen-bond acceptors (Lipinski definition) is 4. The van der Waals surface area contributed by atoms with Crippen molar-refractivity contribution in [1.29, 1.82) is 0 Å². The first-order valence-electron chi connectivity index (χ1n) is 10.0.